The summed E-state index contributed by atoms with van der Waals surface area (Å²) >= 11 is 1.58. The van der Waals surface area contributed by atoms with E-state index in [1.54, 1.807) is 22.4 Å². The first-order chi connectivity index (χ1) is 14.0. The lowest BCUT2D eigenvalue weighted by Crippen LogP contribution is -2.35. The predicted octanol–water partition coefficient (Wildman–Crippen LogP) is 4.69. The third kappa shape index (κ3) is 4.38. The summed E-state index contributed by atoms with van der Waals surface area (Å²) in [4.78, 5) is 19.9. The average Bonchev–Trinajstić information content (AvgIpc) is 3.34. The maximum absolute atomic E-state index is 13.2. The lowest BCUT2D eigenvalue weighted by Gasteiger charge is -2.20. The highest BCUT2D eigenvalue weighted by Crippen LogP contribution is 2.32. The highest BCUT2D eigenvalue weighted by Gasteiger charge is 2.21. The summed E-state index contributed by atoms with van der Waals surface area (Å²) in [6, 6.07) is 14.3. The zero-order chi connectivity index (χ0) is 20.4. The number of hydrogen-bond acceptors (Lipinski definition) is 4. The minimum Gasteiger partial charge on any atom is -0.286 e. The van der Waals surface area contributed by atoms with Crippen molar-refractivity contribution in [2.45, 2.75) is 33.7 Å². The maximum Gasteiger partial charge on any atom is 0.233 e. The van der Waals surface area contributed by atoms with Crippen LogP contribution in [0, 0.1) is 20.8 Å². The van der Waals surface area contributed by atoms with Crippen LogP contribution in [-0.2, 0) is 17.8 Å². The van der Waals surface area contributed by atoms with Crippen molar-refractivity contribution in [1.29, 1.82) is 0 Å². The van der Waals surface area contributed by atoms with Crippen molar-refractivity contribution in [2.75, 3.05) is 11.4 Å². The highest BCUT2D eigenvalue weighted by molar-refractivity contribution is 7.22. The molecule has 0 radical (unpaired) electrons. The van der Waals surface area contributed by atoms with E-state index < -0.39 is 0 Å². The molecule has 2 heterocycles. The Morgan fingerprint density at radius 1 is 1.10 bits per heavy atom. The van der Waals surface area contributed by atoms with Crippen LogP contribution in [-0.4, -0.2) is 27.2 Å². The van der Waals surface area contributed by atoms with Gasteiger partial charge in [0.15, 0.2) is 5.13 Å². The average molecular weight is 405 g/mol. The summed E-state index contributed by atoms with van der Waals surface area (Å²) in [5, 5.41) is 5.01. The monoisotopic (exact) mass is 404 g/mol. The van der Waals surface area contributed by atoms with Crippen molar-refractivity contribution in [3.8, 4) is 0 Å². The Kier molecular flexibility index (Phi) is 5.45. The molecule has 4 aromatic rings. The molecule has 0 saturated carbocycles. The molecule has 0 fully saturated rings. The summed E-state index contributed by atoms with van der Waals surface area (Å²) in [5.74, 6) is 0.0504. The molecular formula is C23H24N4OS. The molecule has 0 saturated heterocycles. The molecule has 0 aliphatic heterocycles. The van der Waals surface area contributed by atoms with Crippen molar-refractivity contribution in [3.05, 3.63) is 77.1 Å². The number of rotatable bonds is 6. The van der Waals surface area contributed by atoms with Crippen LogP contribution in [0.5, 0.6) is 0 Å². The number of anilines is 1. The minimum absolute atomic E-state index is 0.0504. The topological polar surface area (TPSA) is 51.0 Å². The van der Waals surface area contributed by atoms with Crippen molar-refractivity contribution < 1.29 is 4.79 Å². The van der Waals surface area contributed by atoms with Crippen LogP contribution in [0.3, 0.4) is 0 Å². The Morgan fingerprint density at radius 2 is 1.90 bits per heavy atom. The van der Waals surface area contributed by atoms with E-state index in [1.165, 1.54) is 11.1 Å². The third-order valence-electron chi connectivity index (χ3n) is 4.94. The van der Waals surface area contributed by atoms with Gasteiger partial charge in [-0.15, -0.1) is 0 Å². The van der Waals surface area contributed by atoms with E-state index in [0.29, 0.717) is 19.5 Å². The van der Waals surface area contributed by atoms with E-state index in [-0.39, 0.29) is 5.91 Å². The minimum atomic E-state index is 0.0504. The number of benzene rings is 2. The second-order valence-electron chi connectivity index (χ2n) is 7.40. The second kappa shape index (κ2) is 8.17. The molecule has 0 unspecified atom stereocenters. The number of carbonyl (C=O) groups excluding carboxylic acids is 1. The number of nitrogens with zero attached hydrogens (tertiary/aromatic N) is 4. The molecule has 29 heavy (non-hydrogen) atoms. The molecule has 0 atom stereocenters. The third-order valence-corrected chi connectivity index (χ3v) is 5.96. The first-order valence-electron chi connectivity index (χ1n) is 9.71. The Morgan fingerprint density at radius 3 is 2.62 bits per heavy atom. The summed E-state index contributed by atoms with van der Waals surface area (Å²) < 4.78 is 2.96. The number of aryl methyl sites for hydroxylation is 3. The molecule has 4 rings (SSSR count). The fraction of sp³-hybridized carbons (Fsp3) is 0.261. The van der Waals surface area contributed by atoms with E-state index in [9.17, 15) is 4.79 Å². The first-order valence-corrected chi connectivity index (χ1v) is 10.5. The van der Waals surface area contributed by atoms with Crippen LogP contribution in [0.15, 0.2) is 54.9 Å². The smallest absolute Gasteiger partial charge is 0.233 e. The van der Waals surface area contributed by atoms with Crippen LogP contribution in [0.25, 0.3) is 10.2 Å². The van der Waals surface area contributed by atoms with E-state index in [4.69, 9.17) is 4.98 Å². The van der Waals surface area contributed by atoms with Gasteiger partial charge in [-0.05, 0) is 49.6 Å². The molecule has 5 nitrogen and oxygen atoms in total. The van der Waals surface area contributed by atoms with E-state index in [0.717, 1.165) is 26.5 Å². The van der Waals surface area contributed by atoms with Gasteiger partial charge in [-0.3, -0.25) is 14.4 Å². The van der Waals surface area contributed by atoms with Gasteiger partial charge in [0.25, 0.3) is 0 Å². The molecule has 148 valence electrons. The van der Waals surface area contributed by atoms with Gasteiger partial charge in [0.1, 0.15) is 0 Å². The molecule has 6 heteroatoms. The standard InChI is InChI=1S/C23H24N4OS/c1-16-5-7-19(8-6-16)15-21(28)27(12-11-26-10-4-9-24-26)23-25-22-18(3)13-17(2)14-20(22)29-23/h4-10,13-14H,11-12,15H2,1-3H3. The molecular weight excluding hydrogens is 380 g/mol. The number of aromatic nitrogens is 3. The zero-order valence-corrected chi connectivity index (χ0v) is 17.7. The fourth-order valence-electron chi connectivity index (χ4n) is 3.41. The van der Waals surface area contributed by atoms with Crippen molar-refractivity contribution in [3.63, 3.8) is 0 Å². The molecule has 2 aromatic carbocycles. The van der Waals surface area contributed by atoms with Gasteiger partial charge in [0.2, 0.25) is 5.91 Å². The Hall–Kier alpha value is -2.99. The van der Waals surface area contributed by atoms with Gasteiger partial charge in [-0.2, -0.15) is 5.10 Å². The van der Waals surface area contributed by atoms with Gasteiger partial charge in [0, 0.05) is 18.9 Å². The van der Waals surface area contributed by atoms with E-state index >= 15 is 0 Å². The van der Waals surface area contributed by atoms with Gasteiger partial charge < -0.3 is 0 Å². The molecule has 0 aliphatic carbocycles. The number of carbonyl (C=O) groups is 1. The fourth-order valence-corrected chi connectivity index (χ4v) is 4.60. The lowest BCUT2D eigenvalue weighted by atomic mass is 10.1. The van der Waals surface area contributed by atoms with Crippen LogP contribution >= 0.6 is 11.3 Å². The summed E-state index contributed by atoms with van der Waals surface area (Å²) in [6.07, 6.45) is 4.02. The SMILES string of the molecule is Cc1ccc(CC(=O)N(CCn2cccn2)c2nc3c(C)cc(C)cc3s2)cc1. The lowest BCUT2D eigenvalue weighted by molar-refractivity contribution is -0.118. The molecule has 0 aliphatic rings. The predicted molar refractivity (Wildman–Crippen MR) is 119 cm³/mol. The van der Waals surface area contributed by atoms with Crippen LogP contribution in [0.4, 0.5) is 5.13 Å². The van der Waals surface area contributed by atoms with Crippen LogP contribution in [0.2, 0.25) is 0 Å². The van der Waals surface area contributed by atoms with Crippen LogP contribution < -0.4 is 4.90 Å². The number of amides is 1. The normalized spacial score (nSPS) is 11.1. The molecule has 2 aromatic heterocycles. The van der Waals surface area contributed by atoms with E-state index in [1.807, 2.05) is 48.1 Å². The number of hydrogen-bond donors (Lipinski definition) is 0. The number of fused-ring (bicyclic) bond motifs is 1. The number of thiazole rings is 1. The van der Waals surface area contributed by atoms with E-state index in [2.05, 4.69) is 31.1 Å². The van der Waals surface area contributed by atoms with Gasteiger partial charge in [0.05, 0.1) is 23.2 Å². The molecule has 0 spiro atoms. The van der Waals surface area contributed by atoms with Gasteiger partial charge >= 0.3 is 0 Å². The Bertz CT molecular complexity index is 1130. The largest absolute Gasteiger partial charge is 0.286 e. The second-order valence-corrected chi connectivity index (χ2v) is 8.41. The molecule has 0 bridgehead atoms. The zero-order valence-electron chi connectivity index (χ0n) is 16.9. The van der Waals surface area contributed by atoms with Crippen molar-refractivity contribution >= 4 is 32.6 Å². The summed E-state index contributed by atoms with van der Waals surface area (Å²) in [6.45, 7) is 7.36. The van der Waals surface area contributed by atoms with Crippen molar-refractivity contribution in [2.24, 2.45) is 0 Å². The molecule has 1 amide bonds. The van der Waals surface area contributed by atoms with Crippen LogP contribution in [0.1, 0.15) is 22.3 Å². The Balaban J connectivity index is 1.64. The highest BCUT2D eigenvalue weighted by atomic mass is 32.1. The first kappa shape index (κ1) is 19.3. The van der Waals surface area contributed by atoms with Gasteiger partial charge in [-0.1, -0.05) is 47.2 Å². The summed E-state index contributed by atoms with van der Waals surface area (Å²) in [5.41, 5.74) is 5.52. The van der Waals surface area contributed by atoms with Gasteiger partial charge in [-0.25, -0.2) is 4.98 Å². The summed E-state index contributed by atoms with van der Waals surface area (Å²) in [7, 11) is 0. The Labute approximate surface area is 174 Å². The molecule has 0 N–H and O–H groups in total. The maximum atomic E-state index is 13.2. The quantitative estimate of drug-likeness (QED) is 0.468. The van der Waals surface area contributed by atoms with Crippen molar-refractivity contribution in [1.82, 2.24) is 14.8 Å².